The van der Waals surface area contributed by atoms with Crippen LogP contribution in [0.4, 0.5) is 0 Å². The van der Waals surface area contributed by atoms with Gasteiger partial charge in [-0.3, -0.25) is 0 Å². The summed E-state index contributed by atoms with van der Waals surface area (Å²) in [5.74, 6) is 2.08. The van der Waals surface area contributed by atoms with E-state index < -0.39 is 0 Å². The van der Waals surface area contributed by atoms with Crippen molar-refractivity contribution in [2.24, 2.45) is 5.92 Å². The van der Waals surface area contributed by atoms with E-state index in [1.54, 1.807) is 0 Å². The molecule has 0 bridgehead atoms. The zero-order valence-corrected chi connectivity index (χ0v) is 12.2. The Labute approximate surface area is 115 Å². The van der Waals surface area contributed by atoms with Crippen LogP contribution in [0.15, 0.2) is 47.4 Å². The van der Waals surface area contributed by atoms with Crippen LogP contribution in [0.2, 0.25) is 0 Å². The molecular formula is C17H22S. The highest BCUT2D eigenvalue weighted by atomic mass is 32.2. The lowest BCUT2D eigenvalue weighted by molar-refractivity contribution is 0.551. The third-order valence-corrected chi connectivity index (χ3v) is 4.34. The molecule has 0 fully saturated rings. The van der Waals surface area contributed by atoms with Crippen molar-refractivity contribution < 1.29 is 0 Å². The van der Waals surface area contributed by atoms with E-state index in [4.69, 9.17) is 0 Å². The zero-order chi connectivity index (χ0) is 12.8. The summed E-state index contributed by atoms with van der Waals surface area (Å²) in [6.45, 7) is 4.61. The van der Waals surface area contributed by atoms with Crippen LogP contribution in [0.3, 0.4) is 0 Å². The van der Waals surface area contributed by atoms with Crippen LogP contribution in [0.25, 0.3) is 10.8 Å². The van der Waals surface area contributed by atoms with Crippen molar-refractivity contribution in [1.82, 2.24) is 0 Å². The van der Waals surface area contributed by atoms with Gasteiger partial charge in [0, 0.05) is 4.90 Å². The Kier molecular flexibility index (Phi) is 5.12. The fraction of sp³-hybridized carbons (Fsp3) is 0.412. The number of thioether (sulfide) groups is 1. The van der Waals surface area contributed by atoms with Crippen LogP contribution in [0.1, 0.15) is 33.1 Å². The molecule has 0 aliphatic carbocycles. The minimum atomic E-state index is 0.840. The highest BCUT2D eigenvalue weighted by Crippen LogP contribution is 2.28. The number of unbranched alkanes of at least 4 members (excludes halogenated alkanes) is 1. The summed E-state index contributed by atoms with van der Waals surface area (Å²) in [6.07, 6.45) is 4.04. The van der Waals surface area contributed by atoms with Gasteiger partial charge in [-0.2, -0.15) is 0 Å². The van der Waals surface area contributed by atoms with E-state index in [1.807, 2.05) is 11.8 Å². The molecule has 0 amide bonds. The monoisotopic (exact) mass is 258 g/mol. The topological polar surface area (TPSA) is 0 Å². The van der Waals surface area contributed by atoms with Gasteiger partial charge in [0.1, 0.15) is 0 Å². The molecule has 0 radical (unpaired) electrons. The second-order valence-corrected chi connectivity index (χ2v) is 6.35. The van der Waals surface area contributed by atoms with E-state index in [-0.39, 0.29) is 0 Å². The molecule has 0 saturated heterocycles. The summed E-state index contributed by atoms with van der Waals surface area (Å²) >= 11 is 2.00. The van der Waals surface area contributed by atoms with E-state index in [0.717, 1.165) is 5.92 Å². The maximum absolute atomic E-state index is 2.30. The first-order valence-corrected chi connectivity index (χ1v) is 7.86. The third-order valence-electron chi connectivity index (χ3n) is 3.18. The highest BCUT2D eigenvalue weighted by Gasteiger charge is 2.01. The van der Waals surface area contributed by atoms with E-state index in [2.05, 4.69) is 56.3 Å². The van der Waals surface area contributed by atoms with Gasteiger partial charge in [-0.1, -0.05) is 63.1 Å². The predicted octanol–water partition coefficient (Wildman–Crippen LogP) is 5.76. The number of benzene rings is 2. The smallest absolute Gasteiger partial charge is 0.0150 e. The van der Waals surface area contributed by atoms with Crippen molar-refractivity contribution in [3.63, 3.8) is 0 Å². The first-order valence-electron chi connectivity index (χ1n) is 6.88. The van der Waals surface area contributed by atoms with Gasteiger partial charge in [0.2, 0.25) is 0 Å². The Morgan fingerprint density at radius 2 is 1.72 bits per heavy atom. The lowest BCUT2D eigenvalue weighted by Gasteiger charge is -2.07. The molecule has 2 aromatic rings. The van der Waals surface area contributed by atoms with Gasteiger partial charge in [-0.05, 0) is 34.9 Å². The Bertz CT molecular complexity index is 482. The minimum absolute atomic E-state index is 0.840. The number of hydrogen-bond acceptors (Lipinski definition) is 1. The quantitative estimate of drug-likeness (QED) is 0.469. The molecule has 96 valence electrons. The lowest BCUT2D eigenvalue weighted by atomic mass is 10.1. The molecule has 2 rings (SSSR count). The average Bonchev–Trinajstić information content (AvgIpc) is 2.38. The molecule has 0 aromatic heterocycles. The fourth-order valence-corrected chi connectivity index (χ4v) is 3.24. The minimum Gasteiger partial charge on any atom is -0.126 e. The SMILES string of the molecule is CC(C)CCCCSc1cccc2ccccc12. The normalized spacial score (nSPS) is 11.3. The Morgan fingerprint density at radius 1 is 0.944 bits per heavy atom. The van der Waals surface area contributed by atoms with Gasteiger partial charge >= 0.3 is 0 Å². The Hall–Kier alpha value is -0.950. The maximum atomic E-state index is 2.30. The first-order chi connectivity index (χ1) is 8.77. The molecule has 1 heteroatoms. The largest absolute Gasteiger partial charge is 0.126 e. The van der Waals surface area contributed by atoms with Crippen molar-refractivity contribution in [3.8, 4) is 0 Å². The van der Waals surface area contributed by atoms with Gasteiger partial charge in [0.25, 0.3) is 0 Å². The first kappa shape index (κ1) is 13.5. The average molecular weight is 258 g/mol. The van der Waals surface area contributed by atoms with Gasteiger partial charge in [-0.15, -0.1) is 11.8 Å². The Morgan fingerprint density at radius 3 is 2.56 bits per heavy atom. The molecule has 0 N–H and O–H groups in total. The van der Waals surface area contributed by atoms with Crippen LogP contribution in [0, 0.1) is 5.92 Å². The summed E-state index contributed by atoms with van der Waals surface area (Å²) in [5, 5.41) is 2.75. The van der Waals surface area contributed by atoms with Crippen molar-refractivity contribution in [2.75, 3.05) is 5.75 Å². The van der Waals surface area contributed by atoms with Crippen molar-refractivity contribution in [2.45, 2.75) is 38.0 Å². The molecule has 0 aliphatic heterocycles. The van der Waals surface area contributed by atoms with Gasteiger partial charge < -0.3 is 0 Å². The van der Waals surface area contributed by atoms with Gasteiger partial charge in [0.05, 0.1) is 0 Å². The van der Waals surface area contributed by atoms with Crippen LogP contribution >= 0.6 is 11.8 Å². The molecule has 0 unspecified atom stereocenters. The summed E-state index contributed by atoms with van der Waals surface area (Å²) in [7, 11) is 0. The summed E-state index contributed by atoms with van der Waals surface area (Å²) < 4.78 is 0. The van der Waals surface area contributed by atoms with Gasteiger partial charge in [0.15, 0.2) is 0 Å². The Balaban J connectivity index is 1.91. The third kappa shape index (κ3) is 3.78. The molecule has 0 aliphatic rings. The highest BCUT2D eigenvalue weighted by molar-refractivity contribution is 7.99. The summed E-state index contributed by atoms with van der Waals surface area (Å²) in [4.78, 5) is 1.43. The predicted molar refractivity (Wildman–Crippen MR) is 83.4 cm³/mol. The second-order valence-electron chi connectivity index (χ2n) is 5.22. The summed E-state index contributed by atoms with van der Waals surface area (Å²) in [6, 6.07) is 15.3. The van der Waals surface area contributed by atoms with Crippen LogP contribution in [-0.4, -0.2) is 5.75 Å². The van der Waals surface area contributed by atoms with E-state index in [0.29, 0.717) is 0 Å². The number of fused-ring (bicyclic) bond motifs is 1. The molecule has 0 nitrogen and oxygen atoms in total. The summed E-state index contributed by atoms with van der Waals surface area (Å²) in [5.41, 5.74) is 0. The number of rotatable bonds is 6. The molecule has 0 atom stereocenters. The maximum Gasteiger partial charge on any atom is 0.0150 e. The molecule has 18 heavy (non-hydrogen) atoms. The molecule has 2 aromatic carbocycles. The van der Waals surface area contributed by atoms with Crippen LogP contribution in [-0.2, 0) is 0 Å². The van der Waals surface area contributed by atoms with Crippen molar-refractivity contribution in [3.05, 3.63) is 42.5 Å². The van der Waals surface area contributed by atoms with E-state index >= 15 is 0 Å². The van der Waals surface area contributed by atoms with E-state index in [9.17, 15) is 0 Å². The van der Waals surface area contributed by atoms with Gasteiger partial charge in [-0.25, -0.2) is 0 Å². The van der Waals surface area contributed by atoms with Crippen LogP contribution < -0.4 is 0 Å². The molecule has 0 saturated carbocycles. The zero-order valence-electron chi connectivity index (χ0n) is 11.4. The second kappa shape index (κ2) is 6.84. The number of hydrogen-bond donors (Lipinski definition) is 0. The fourth-order valence-electron chi connectivity index (χ4n) is 2.16. The molecule has 0 heterocycles. The van der Waals surface area contributed by atoms with E-state index in [1.165, 1.54) is 40.7 Å². The van der Waals surface area contributed by atoms with Crippen LogP contribution in [0.5, 0.6) is 0 Å². The van der Waals surface area contributed by atoms with Crippen molar-refractivity contribution in [1.29, 1.82) is 0 Å². The lowest BCUT2D eigenvalue weighted by Crippen LogP contribution is -1.88. The molecular weight excluding hydrogens is 236 g/mol. The standard InChI is InChI=1S/C17H22S/c1-14(2)8-5-6-13-18-17-12-7-10-15-9-3-4-11-16(15)17/h3-4,7,9-12,14H,5-6,8,13H2,1-2H3. The molecule has 0 spiro atoms. The van der Waals surface area contributed by atoms with Crippen molar-refractivity contribution >= 4 is 22.5 Å².